The average molecular weight is 244 g/mol. The minimum absolute atomic E-state index is 0.0306. The Morgan fingerprint density at radius 3 is 2.28 bits per heavy atom. The Hall–Kier alpha value is -1.60. The third-order valence-electron chi connectivity index (χ3n) is 2.75. The summed E-state index contributed by atoms with van der Waals surface area (Å²) in [7, 11) is 0. The second kappa shape index (κ2) is 3.96. The summed E-state index contributed by atoms with van der Waals surface area (Å²) in [6.45, 7) is 12.6. The number of aromatic nitrogens is 1. The third kappa shape index (κ3) is 2.46. The van der Waals surface area contributed by atoms with Crippen LogP contribution in [0.2, 0.25) is 0 Å². The summed E-state index contributed by atoms with van der Waals surface area (Å²) < 4.78 is 5.86. The number of oxazole rings is 1. The molecule has 0 unspecified atom stereocenters. The molecule has 0 saturated carbocycles. The molecule has 0 atom stereocenters. The molecule has 1 aliphatic rings. The topological polar surface area (TPSA) is 38.4 Å². The molecule has 0 saturated heterocycles. The number of fused-ring (bicyclic) bond motifs is 1. The van der Waals surface area contributed by atoms with Crippen molar-refractivity contribution < 1.29 is 4.42 Å². The molecule has 0 bridgehead atoms. The second-order valence-electron chi connectivity index (χ2n) is 6.68. The summed E-state index contributed by atoms with van der Waals surface area (Å²) in [6, 6.07) is 0. The van der Waals surface area contributed by atoms with Crippen molar-refractivity contribution in [2.24, 2.45) is 10.4 Å². The van der Waals surface area contributed by atoms with E-state index in [0.717, 1.165) is 23.0 Å². The van der Waals surface area contributed by atoms with Gasteiger partial charge in [-0.15, -0.1) is 0 Å². The minimum Gasteiger partial charge on any atom is -0.440 e. The molecule has 1 aromatic rings. The fraction of sp³-hybridized carbons (Fsp3) is 0.533. The number of rotatable bonds is 0. The summed E-state index contributed by atoms with van der Waals surface area (Å²) in [6.07, 6.45) is 3.75. The van der Waals surface area contributed by atoms with Crippen molar-refractivity contribution in [3.63, 3.8) is 0 Å². The van der Waals surface area contributed by atoms with Crippen LogP contribution in [-0.2, 0) is 5.41 Å². The van der Waals surface area contributed by atoms with Crippen molar-refractivity contribution >= 4 is 18.0 Å². The van der Waals surface area contributed by atoms with E-state index in [2.05, 4.69) is 57.4 Å². The number of nitrogens with zero attached hydrogens (tertiary/aromatic N) is 2. The predicted molar refractivity (Wildman–Crippen MR) is 74.5 cm³/mol. The average Bonchev–Trinajstić information content (AvgIpc) is 2.49. The smallest absolute Gasteiger partial charge is 0.200 e. The first-order valence-corrected chi connectivity index (χ1v) is 6.21. The van der Waals surface area contributed by atoms with Crippen LogP contribution in [0, 0.1) is 5.41 Å². The maximum atomic E-state index is 5.86. The Morgan fingerprint density at radius 2 is 1.72 bits per heavy atom. The van der Waals surface area contributed by atoms with Gasteiger partial charge in [-0.3, -0.25) is 0 Å². The monoisotopic (exact) mass is 244 g/mol. The summed E-state index contributed by atoms with van der Waals surface area (Å²) in [5.41, 5.74) is 1.64. The Balaban J connectivity index is 2.54. The zero-order valence-electron chi connectivity index (χ0n) is 12.0. The van der Waals surface area contributed by atoms with Gasteiger partial charge < -0.3 is 4.42 Å². The van der Waals surface area contributed by atoms with Gasteiger partial charge in [-0.1, -0.05) is 41.5 Å². The summed E-state index contributed by atoms with van der Waals surface area (Å²) >= 11 is 0. The number of aliphatic imine (C=N–C) groups is 1. The zero-order valence-corrected chi connectivity index (χ0v) is 12.0. The van der Waals surface area contributed by atoms with Gasteiger partial charge in [-0.05, 0) is 5.87 Å². The maximum absolute atomic E-state index is 5.86. The molecule has 0 amide bonds. The minimum atomic E-state index is -0.0904. The highest BCUT2D eigenvalue weighted by Crippen LogP contribution is 2.32. The van der Waals surface area contributed by atoms with Crippen LogP contribution in [0.1, 0.15) is 58.9 Å². The van der Waals surface area contributed by atoms with Crippen molar-refractivity contribution in [1.29, 1.82) is 0 Å². The van der Waals surface area contributed by atoms with E-state index in [1.807, 2.05) is 6.08 Å². The van der Waals surface area contributed by atoms with Gasteiger partial charge in [0, 0.05) is 23.0 Å². The van der Waals surface area contributed by atoms with Crippen LogP contribution < -0.4 is 0 Å². The molecule has 3 nitrogen and oxygen atoms in total. The van der Waals surface area contributed by atoms with E-state index in [-0.39, 0.29) is 10.8 Å². The van der Waals surface area contributed by atoms with Crippen LogP contribution in [0.25, 0.3) is 12.2 Å². The molecule has 0 aliphatic carbocycles. The van der Waals surface area contributed by atoms with E-state index < -0.39 is 0 Å². The summed E-state index contributed by atoms with van der Waals surface area (Å²) in [5.74, 6) is 4.46. The quantitative estimate of drug-likeness (QED) is 0.690. The van der Waals surface area contributed by atoms with Gasteiger partial charge in [0.2, 0.25) is 5.89 Å². The molecular weight excluding hydrogens is 224 g/mol. The van der Waals surface area contributed by atoms with Crippen molar-refractivity contribution in [2.45, 2.75) is 47.0 Å². The lowest BCUT2D eigenvalue weighted by atomic mass is 9.92. The standard InChI is InChI=1S/C15H20N2O/c1-14(2,3)12-9-11-10(7-8-16-12)17-13(18-11)15(4,5)6/h7,9H,1-6H3. The van der Waals surface area contributed by atoms with E-state index in [0.29, 0.717) is 0 Å². The lowest BCUT2D eigenvalue weighted by Gasteiger charge is -2.17. The first kappa shape index (κ1) is 12.8. The Labute approximate surface area is 108 Å². The summed E-state index contributed by atoms with van der Waals surface area (Å²) in [5, 5.41) is 0. The molecule has 1 aromatic heterocycles. The van der Waals surface area contributed by atoms with E-state index in [9.17, 15) is 0 Å². The first-order valence-electron chi connectivity index (χ1n) is 6.21. The highest BCUT2D eigenvalue weighted by Gasteiger charge is 2.24. The van der Waals surface area contributed by atoms with Crippen LogP contribution in [-0.4, -0.2) is 10.9 Å². The van der Waals surface area contributed by atoms with Crippen LogP contribution in [0.3, 0.4) is 0 Å². The van der Waals surface area contributed by atoms with Gasteiger partial charge in [0.25, 0.3) is 0 Å². The Kier molecular flexibility index (Phi) is 2.83. The van der Waals surface area contributed by atoms with Crippen LogP contribution in [0.4, 0.5) is 0 Å². The van der Waals surface area contributed by atoms with E-state index in [1.165, 1.54) is 0 Å². The van der Waals surface area contributed by atoms with Crippen molar-refractivity contribution in [3.05, 3.63) is 23.0 Å². The zero-order chi connectivity index (χ0) is 13.6. The molecular formula is C15H20N2O. The fourth-order valence-corrected chi connectivity index (χ4v) is 1.57. The highest BCUT2D eigenvalue weighted by molar-refractivity contribution is 5.82. The maximum Gasteiger partial charge on any atom is 0.200 e. The lowest BCUT2D eigenvalue weighted by Crippen LogP contribution is -2.11. The van der Waals surface area contributed by atoms with E-state index in [1.54, 1.807) is 6.08 Å². The second-order valence-corrected chi connectivity index (χ2v) is 6.68. The molecule has 0 aromatic carbocycles. The number of hydrogen-bond donors (Lipinski definition) is 0. The molecule has 96 valence electrons. The van der Waals surface area contributed by atoms with E-state index >= 15 is 0 Å². The van der Waals surface area contributed by atoms with Gasteiger partial charge in [0.1, 0.15) is 5.69 Å². The van der Waals surface area contributed by atoms with Crippen molar-refractivity contribution in [2.75, 3.05) is 0 Å². The van der Waals surface area contributed by atoms with Crippen LogP contribution >= 0.6 is 0 Å². The molecule has 0 spiro atoms. The SMILES string of the molecule is CC(C)(C)C1=Cc2oc(C(C)(C)C)nc2C=C=N1. The molecule has 18 heavy (non-hydrogen) atoms. The van der Waals surface area contributed by atoms with Gasteiger partial charge in [-0.2, -0.15) is 0 Å². The fourth-order valence-electron chi connectivity index (χ4n) is 1.57. The molecule has 1 aliphatic heterocycles. The summed E-state index contributed by atoms with van der Waals surface area (Å²) in [4.78, 5) is 8.84. The predicted octanol–water partition coefficient (Wildman–Crippen LogP) is 4.06. The molecule has 3 heteroatoms. The third-order valence-corrected chi connectivity index (χ3v) is 2.75. The normalized spacial score (nSPS) is 15.3. The Morgan fingerprint density at radius 1 is 1.06 bits per heavy atom. The van der Waals surface area contributed by atoms with Gasteiger partial charge in [-0.25, -0.2) is 9.98 Å². The highest BCUT2D eigenvalue weighted by atomic mass is 16.4. The first-order chi connectivity index (χ1) is 8.18. The Bertz CT molecular complexity index is 556. The molecule has 2 heterocycles. The largest absolute Gasteiger partial charge is 0.440 e. The van der Waals surface area contributed by atoms with Crippen LogP contribution in [0.5, 0.6) is 0 Å². The molecule has 0 radical (unpaired) electrons. The van der Waals surface area contributed by atoms with Crippen molar-refractivity contribution in [3.8, 4) is 0 Å². The van der Waals surface area contributed by atoms with Gasteiger partial charge in [0.15, 0.2) is 5.76 Å². The molecule has 0 N–H and O–H groups in total. The molecule has 0 fully saturated rings. The van der Waals surface area contributed by atoms with E-state index in [4.69, 9.17) is 4.42 Å². The van der Waals surface area contributed by atoms with Crippen molar-refractivity contribution in [1.82, 2.24) is 4.98 Å². The lowest BCUT2D eigenvalue weighted by molar-refractivity contribution is 0.388. The van der Waals surface area contributed by atoms with Crippen LogP contribution in [0.15, 0.2) is 15.1 Å². The van der Waals surface area contributed by atoms with Gasteiger partial charge in [0.05, 0.1) is 5.70 Å². The number of allylic oxidation sites excluding steroid dienone is 1. The number of hydrogen-bond acceptors (Lipinski definition) is 3. The molecule has 2 rings (SSSR count). The van der Waals surface area contributed by atoms with Gasteiger partial charge >= 0.3 is 0 Å².